The van der Waals surface area contributed by atoms with Crippen LogP contribution in [0.5, 0.6) is 0 Å². The van der Waals surface area contributed by atoms with Crippen LogP contribution in [-0.2, 0) is 9.53 Å². The summed E-state index contributed by atoms with van der Waals surface area (Å²) in [5.74, 6) is -0.739. The number of amides is 1. The zero-order valence-corrected chi connectivity index (χ0v) is 11.8. The second kappa shape index (κ2) is 7.92. The number of nitrogens with two attached hydrogens (primary N) is 1. The van der Waals surface area contributed by atoms with Crippen LogP contribution in [0.25, 0.3) is 0 Å². The van der Waals surface area contributed by atoms with E-state index in [0.717, 1.165) is 0 Å². The molecule has 0 spiro atoms. The average Bonchev–Trinajstić information content (AvgIpc) is 2.27. The van der Waals surface area contributed by atoms with Crippen LogP contribution >= 0.6 is 0 Å². The van der Waals surface area contributed by atoms with E-state index in [2.05, 4.69) is 10.5 Å². The number of oxime groups is 1. The third-order valence-corrected chi connectivity index (χ3v) is 2.86. The molecule has 0 aliphatic heterocycles. The first-order valence-corrected chi connectivity index (χ1v) is 6.11. The van der Waals surface area contributed by atoms with Gasteiger partial charge in [-0.1, -0.05) is 32.9 Å². The number of carbonyl (C=O) groups is 1. The standard InChI is InChI=1S/C12H25N3O3/c1-7(2)9(6-18-5)14-12(16)10(8(3)4)11(13)15-17/h7-10,17H,6H2,1-5H3,(H2,13,15)(H,14,16). The monoisotopic (exact) mass is 259 g/mol. The van der Waals surface area contributed by atoms with E-state index >= 15 is 0 Å². The van der Waals surface area contributed by atoms with E-state index in [1.807, 2.05) is 27.7 Å². The van der Waals surface area contributed by atoms with Crippen molar-refractivity contribution < 1.29 is 14.7 Å². The SMILES string of the molecule is COCC(NC(=O)C(C(N)=NO)C(C)C)C(C)C. The first-order valence-electron chi connectivity index (χ1n) is 6.11. The number of amidine groups is 1. The molecule has 6 heteroatoms. The molecular formula is C12H25N3O3. The molecule has 0 radical (unpaired) electrons. The van der Waals surface area contributed by atoms with E-state index < -0.39 is 5.92 Å². The summed E-state index contributed by atoms with van der Waals surface area (Å²) in [5, 5.41) is 14.5. The molecule has 0 aromatic heterocycles. The van der Waals surface area contributed by atoms with Crippen molar-refractivity contribution in [1.82, 2.24) is 5.32 Å². The summed E-state index contributed by atoms with van der Waals surface area (Å²) in [7, 11) is 1.59. The van der Waals surface area contributed by atoms with E-state index in [0.29, 0.717) is 6.61 Å². The molecule has 18 heavy (non-hydrogen) atoms. The highest BCUT2D eigenvalue weighted by atomic mass is 16.5. The smallest absolute Gasteiger partial charge is 0.231 e. The minimum Gasteiger partial charge on any atom is -0.409 e. The van der Waals surface area contributed by atoms with Crippen LogP contribution in [0.4, 0.5) is 0 Å². The lowest BCUT2D eigenvalue weighted by molar-refractivity contribution is -0.125. The van der Waals surface area contributed by atoms with Crippen LogP contribution in [0.1, 0.15) is 27.7 Å². The van der Waals surface area contributed by atoms with Crippen LogP contribution in [0, 0.1) is 17.8 Å². The fraction of sp³-hybridized carbons (Fsp3) is 0.833. The fourth-order valence-electron chi connectivity index (χ4n) is 1.69. The second-order valence-corrected chi connectivity index (χ2v) is 5.06. The highest BCUT2D eigenvalue weighted by Crippen LogP contribution is 2.13. The Morgan fingerprint density at radius 3 is 2.22 bits per heavy atom. The molecule has 0 aromatic rings. The molecule has 6 nitrogen and oxygen atoms in total. The predicted octanol–water partition coefficient (Wildman–Crippen LogP) is 0.792. The average molecular weight is 259 g/mol. The molecule has 0 fully saturated rings. The number of carbonyl (C=O) groups excluding carboxylic acids is 1. The summed E-state index contributed by atoms with van der Waals surface area (Å²) in [6, 6.07) is -0.0877. The Hall–Kier alpha value is -1.30. The molecule has 4 N–H and O–H groups in total. The molecule has 0 bridgehead atoms. The molecule has 0 aliphatic rings. The van der Waals surface area contributed by atoms with Crippen molar-refractivity contribution in [3.8, 4) is 0 Å². The second-order valence-electron chi connectivity index (χ2n) is 5.06. The van der Waals surface area contributed by atoms with Crippen molar-refractivity contribution in [3.63, 3.8) is 0 Å². The highest BCUT2D eigenvalue weighted by molar-refractivity contribution is 6.02. The zero-order valence-electron chi connectivity index (χ0n) is 11.8. The fourth-order valence-corrected chi connectivity index (χ4v) is 1.69. The molecule has 0 rings (SSSR count). The number of hydrogen-bond acceptors (Lipinski definition) is 4. The van der Waals surface area contributed by atoms with Crippen molar-refractivity contribution in [3.05, 3.63) is 0 Å². The first kappa shape index (κ1) is 16.7. The summed E-state index contributed by atoms with van der Waals surface area (Å²) in [6.45, 7) is 8.13. The quantitative estimate of drug-likeness (QED) is 0.272. The summed E-state index contributed by atoms with van der Waals surface area (Å²) >= 11 is 0. The van der Waals surface area contributed by atoms with Crippen LogP contribution in [0.15, 0.2) is 5.16 Å². The normalized spacial score (nSPS) is 15.8. The van der Waals surface area contributed by atoms with Crippen molar-refractivity contribution >= 4 is 11.7 Å². The maximum absolute atomic E-state index is 12.1. The van der Waals surface area contributed by atoms with Gasteiger partial charge in [0.2, 0.25) is 5.91 Å². The lowest BCUT2D eigenvalue weighted by atomic mass is 9.93. The van der Waals surface area contributed by atoms with E-state index in [1.165, 1.54) is 0 Å². The van der Waals surface area contributed by atoms with Gasteiger partial charge in [0.25, 0.3) is 0 Å². The van der Waals surface area contributed by atoms with Gasteiger partial charge in [-0.3, -0.25) is 4.79 Å². The number of nitrogens with one attached hydrogen (secondary N) is 1. The summed E-state index contributed by atoms with van der Waals surface area (Å²) < 4.78 is 5.07. The Bertz CT molecular complexity index is 290. The molecule has 2 atom stereocenters. The Labute approximate surface area is 109 Å². The molecule has 1 amide bonds. The highest BCUT2D eigenvalue weighted by Gasteiger charge is 2.29. The Kier molecular flexibility index (Phi) is 7.35. The Balaban J connectivity index is 4.78. The van der Waals surface area contributed by atoms with Gasteiger partial charge in [-0.25, -0.2) is 0 Å². The largest absolute Gasteiger partial charge is 0.409 e. The van der Waals surface area contributed by atoms with Crippen molar-refractivity contribution in [2.24, 2.45) is 28.6 Å². The molecular weight excluding hydrogens is 234 g/mol. The van der Waals surface area contributed by atoms with Gasteiger partial charge in [0.1, 0.15) is 5.92 Å². The third kappa shape index (κ3) is 4.91. The Morgan fingerprint density at radius 1 is 1.33 bits per heavy atom. The number of methoxy groups -OCH3 is 1. The summed E-state index contributed by atoms with van der Waals surface area (Å²) in [5.41, 5.74) is 5.55. The lowest BCUT2D eigenvalue weighted by Crippen LogP contribution is -2.48. The number of nitrogens with zero attached hydrogens (tertiary/aromatic N) is 1. The Morgan fingerprint density at radius 2 is 1.89 bits per heavy atom. The molecule has 0 saturated carbocycles. The van der Waals surface area contributed by atoms with Gasteiger partial charge in [-0.05, 0) is 11.8 Å². The molecule has 0 heterocycles. The maximum atomic E-state index is 12.1. The summed E-state index contributed by atoms with van der Waals surface area (Å²) in [6.07, 6.45) is 0. The molecule has 2 unspecified atom stereocenters. The summed E-state index contributed by atoms with van der Waals surface area (Å²) in [4.78, 5) is 12.1. The van der Waals surface area contributed by atoms with Crippen LogP contribution in [0.3, 0.4) is 0 Å². The van der Waals surface area contributed by atoms with E-state index in [1.54, 1.807) is 7.11 Å². The zero-order chi connectivity index (χ0) is 14.3. The number of hydrogen-bond donors (Lipinski definition) is 3. The molecule has 106 valence electrons. The minimum atomic E-state index is -0.631. The van der Waals surface area contributed by atoms with Gasteiger partial charge in [-0.2, -0.15) is 0 Å². The van der Waals surface area contributed by atoms with E-state index in [4.69, 9.17) is 15.7 Å². The predicted molar refractivity (Wildman–Crippen MR) is 70.4 cm³/mol. The van der Waals surface area contributed by atoms with Crippen LogP contribution in [0.2, 0.25) is 0 Å². The van der Waals surface area contributed by atoms with Crippen molar-refractivity contribution in [2.75, 3.05) is 13.7 Å². The van der Waals surface area contributed by atoms with Crippen molar-refractivity contribution in [2.45, 2.75) is 33.7 Å². The van der Waals surface area contributed by atoms with Gasteiger partial charge in [0, 0.05) is 7.11 Å². The van der Waals surface area contributed by atoms with Gasteiger partial charge in [0.15, 0.2) is 5.84 Å². The molecule has 0 aromatic carbocycles. The van der Waals surface area contributed by atoms with E-state index in [-0.39, 0.29) is 29.6 Å². The third-order valence-electron chi connectivity index (χ3n) is 2.86. The topological polar surface area (TPSA) is 96.9 Å². The number of rotatable bonds is 7. The molecule has 0 aliphatic carbocycles. The van der Waals surface area contributed by atoms with Gasteiger partial charge < -0.3 is 21.0 Å². The lowest BCUT2D eigenvalue weighted by Gasteiger charge is -2.25. The van der Waals surface area contributed by atoms with Gasteiger partial charge in [-0.15, -0.1) is 0 Å². The van der Waals surface area contributed by atoms with Crippen molar-refractivity contribution in [1.29, 1.82) is 0 Å². The van der Waals surface area contributed by atoms with Crippen LogP contribution in [-0.4, -0.2) is 36.7 Å². The minimum absolute atomic E-state index is 0.0451. The molecule has 0 saturated heterocycles. The van der Waals surface area contributed by atoms with E-state index in [9.17, 15) is 4.79 Å². The van der Waals surface area contributed by atoms with Gasteiger partial charge >= 0.3 is 0 Å². The first-order chi connectivity index (χ1) is 8.34. The number of ether oxygens (including phenoxy) is 1. The van der Waals surface area contributed by atoms with Gasteiger partial charge in [0.05, 0.1) is 12.6 Å². The maximum Gasteiger partial charge on any atom is 0.231 e. The van der Waals surface area contributed by atoms with Crippen LogP contribution < -0.4 is 11.1 Å².